The zero-order valence-corrected chi connectivity index (χ0v) is 9.62. The number of rotatable bonds is 5. The Balaban J connectivity index is 2.61. The Kier molecular flexibility index (Phi) is 4.03. The number of benzene rings is 1. The molecule has 0 fully saturated rings. The van der Waals surface area contributed by atoms with Crippen LogP contribution < -0.4 is 4.72 Å². The summed E-state index contributed by atoms with van der Waals surface area (Å²) in [6.07, 6.45) is 0. The number of sulfonamides is 1. The molecule has 1 rings (SSSR count). The van der Waals surface area contributed by atoms with Crippen LogP contribution in [0.4, 0.5) is 0 Å². The van der Waals surface area contributed by atoms with Crippen molar-refractivity contribution >= 4 is 16.0 Å². The van der Waals surface area contributed by atoms with Crippen LogP contribution in [0.5, 0.6) is 0 Å². The van der Waals surface area contributed by atoms with Gasteiger partial charge in [0.2, 0.25) is 10.0 Å². The van der Waals surface area contributed by atoms with E-state index in [1.165, 1.54) is 0 Å². The summed E-state index contributed by atoms with van der Waals surface area (Å²) < 4.78 is 24.6. The minimum absolute atomic E-state index is 0.108. The molecule has 0 spiro atoms. The summed E-state index contributed by atoms with van der Waals surface area (Å²) in [6, 6.07) is 7.32. The first-order chi connectivity index (χ1) is 7.39. The lowest BCUT2D eigenvalue weighted by Crippen LogP contribution is -2.29. The highest BCUT2D eigenvalue weighted by molar-refractivity contribution is 7.90. The van der Waals surface area contributed by atoms with Gasteiger partial charge in [-0.05, 0) is 12.5 Å². The Morgan fingerprint density at radius 3 is 2.69 bits per heavy atom. The second kappa shape index (κ2) is 5.09. The van der Waals surface area contributed by atoms with Gasteiger partial charge < -0.3 is 5.11 Å². The Bertz CT molecular complexity index is 481. The van der Waals surface area contributed by atoms with E-state index in [1.807, 2.05) is 25.1 Å². The minimum atomic E-state index is -3.74. The quantitative estimate of drug-likeness (QED) is 0.788. The predicted molar refractivity (Wildman–Crippen MR) is 59.4 cm³/mol. The monoisotopic (exact) mass is 243 g/mol. The molecule has 16 heavy (non-hydrogen) atoms. The lowest BCUT2D eigenvalue weighted by Gasteiger charge is -2.05. The Hall–Kier alpha value is -1.40. The average molecular weight is 243 g/mol. The van der Waals surface area contributed by atoms with Crippen molar-refractivity contribution in [2.75, 3.05) is 5.75 Å². The summed E-state index contributed by atoms with van der Waals surface area (Å²) in [5.41, 5.74) is 1.82. The SMILES string of the molecule is Cc1cccc(CNS(=O)(=O)CC(=O)O)c1. The van der Waals surface area contributed by atoms with Crippen LogP contribution in [0.3, 0.4) is 0 Å². The average Bonchev–Trinajstić information content (AvgIpc) is 2.13. The van der Waals surface area contributed by atoms with Gasteiger partial charge in [0, 0.05) is 6.54 Å². The maximum atomic E-state index is 11.2. The van der Waals surface area contributed by atoms with Gasteiger partial charge in [0.05, 0.1) is 0 Å². The zero-order valence-electron chi connectivity index (χ0n) is 8.80. The molecule has 0 amide bonds. The molecule has 0 atom stereocenters. The van der Waals surface area contributed by atoms with Crippen molar-refractivity contribution in [3.05, 3.63) is 35.4 Å². The minimum Gasteiger partial charge on any atom is -0.480 e. The third kappa shape index (κ3) is 4.41. The van der Waals surface area contributed by atoms with Crippen LogP contribution in [0.1, 0.15) is 11.1 Å². The van der Waals surface area contributed by atoms with Gasteiger partial charge in [-0.25, -0.2) is 13.1 Å². The largest absolute Gasteiger partial charge is 0.480 e. The molecule has 88 valence electrons. The highest BCUT2D eigenvalue weighted by atomic mass is 32.2. The van der Waals surface area contributed by atoms with E-state index in [0.717, 1.165) is 11.1 Å². The molecule has 0 aliphatic heterocycles. The first-order valence-electron chi connectivity index (χ1n) is 4.64. The van der Waals surface area contributed by atoms with Gasteiger partial charge >= 0.3 is 5.97 Å². The van der Waals surface area contributed by atoms with Gasteiger partial charge in [-0.2, -0.15) is 0 Å². The van der Waals surface area contributed by atoms with Crippen LogP contribution in [-0.2, 0) is 21.4 Å². The third-order valence-corrected chi connectivity index (χ3v) is 3.10. The molecule has 6 heteroatoms. The second-order valence-corrected chi connectivity index (χ2v) is 5.27. The molecule has 5 nitrogen and oxygen atoms in total. The normalized spacial score (nSPS) is 11.3. The molecule has 2 N–H and O–H groups in total. The summed E-state index contributed by atoms with van der Waals surface area (Å²) in [6.45, 7) is 2.01. The Morgan fingerprint density at radius 1 is 1.44 bits per heavy atom. The lowest BCUT2D eigenvalue weighted by molar-refractivity contribution is -0.134. The molecule has 0 aromatic heterocycles. The van der Waals surface area contributed by atoms with Crippen LogP contribution in [0.15, 0.2) is 24.3 Å². The summed E-state index contributed by atoms with van der Waals surface area (Å²) in [4.78, 5) is 10.3. The number of hydrogen-bond acceptors (Lipinski definition) is 3. The fraction of sp³-hybridized carbons (Fsp3) is 0.300. The van der Waals surface area contributed by atoms with E-state index in [0.29, 0.717) is 0 Å². The highest BCUT2D eigenvalue weighted by Gasteiger charge is 2.14. The van der Waals surface area contributed by atoms with E-state index in [9.17, 15) is 13.2 Å². The van der Waals surface area contributed by atoms with E-state index in [2.05, 4.69) is 4.72 Å². The van der Waals surface area contributed by atoms with Crippen LogP contribution in [0.25, 0.3) is 0 Å². The van der Waals surface area contributed by atoms with Gasteiger partial charge in [0.1, 0.15) is 0 Å². The summed E-state index contributed by atoms with van der Waals surface area (Å²) in [5, 5.41) is 8.37. The number of nitrogens with one attached hydrogen (secondary N) is 1. The molecule has 0 aliphatic carbocycles. The Labute approximate surface area is 94.2 Å². The number of carboxylic acid groups (broad SMARTS) is 1. The van der Waals surface area contributed by atoms with E-state index < -0.39 is 21.7 Å². The van der Waals surface area contributed by atoms with Crippen LogP contribution >= 0.6 is 0 Å². The van der Waals surface area contributed by atoms with Crippen molar-refractivity contribution in [1.82, 2.24) is 4.72 Å². The standard InChI is InChI=1S/C10H13NO4S/c1-8-3-2-4-9(5-8)6-11-16(14,15)7-10(12)13/h2-5,11H,6-7H2,1H3,(H,12,13). The van der Waals surface area contributed by atoms with Crippen LogP contribution in [0.2, 0.25) is 0 Å². The predicted octanol–water partition coefficient (Wildman–Crippen LogP) is 0.499. The highest BCUT2D eigenvalue weighted by Crippen LogP contribution is 2.03. The van der Waals surface area contributed by atoms with E-state index in [4.69, 9.17) is 5.11 Å². The summed E-state index contributed by atoms with van der Waals surface area (Å²) in [5.74, 6) is -2.27. The number of hydrogen-bond donors (Lipinski definition) is 2. The summed E-state index contributed by atoms with van der Waals surface area (Å²) >= 11 is 0. The Morgan fingerprint density at radius 2 is 2.12 bits per heavy atom. The van der Waals surface area contributed by atoms with Gasteiger partial charge in [0.25, 0.3) is 0 Å². The van der Waals surface area contributed by atoms with Crippen molar-refractivity contribution < 1.29 is 18.3 Å². The van der Waals surface area contributed by atoms with Crippen molar-refractivity contribution in [1.29, 1.82) is 0 Å². The molecule has 0 radical (unpaired) electrons. The van der Waals surface area contributed by atoms with Gasteiger partial charge in [0.15, 0.2) is 5.75 Å². The molecule has 0 unspecified atom stereocenters. The van der Waals surface area contributed by atoms with Crippen molar-refractivity contribution in [2.24, 2.45) is 0 Å². The molecule has 1 aromatic rings. The molecule has 0 heterocycles. The van der Waals surface area contributed by atoms with Crippen LogP contribution in [0, 0.1) is 6.92 Å². The second-order valence-electron chi connectivity index (χ2n) is 3.46. The molecule has 1 aromatic carbocycles. The zero-order chi connectivity index (χ0) is 12.2. The lowest BCUT2D eigenvalue weighted by atomic mass is 10.1. The number of aryl methyl sites for hydroxylation is 1. The van der Waals surface area contributed by atoms with Gasteiger partial charge in [-0.1, -0.05) is 29.8 Å². The fourth-order valence-electron chi connectivity index (χ4n) is 1.23. The molecule has 0 saturated heterocycles. The maximum Gasteiger partial charge on any atom is 0.320 e. The van der Waals surface area contributed by atoms with Crippen LogP contribution in [-0.4, -0.2) is 25.2 Å². The number of carbonyl (C=O) groups is 1. The maximum absolute atomic E-state index is 11.2. The van der Waals surface area contributed by atoms with Crippen molar-refractivity contribution in [3.8, 4) is 0 Å². The fourth-order valence-corrected chi connectivity index (χ4v) is 2.04. The topological polar surface area (TPSA) is 83.5 Å². The smallest absolute Gasteiger partial charge is 0.320 e. The molecule has 0 bridgehead atoms. The van der Waals surface area contributed by atoms with E-state index in [-0.39, 0.29) is 6.54 Å². The number of carboxylic acids is 1. The molecular weight excluding hydrogens is 230 g/mol. The molecule has 0 aliphatic rings. The van der Waals surface area contributed by atoms with Crippen molar-refractivity contribution in [3.63, 3.8) is 0 Å². The van der Waals surface area contributed by atoms with Gasteiger partial charge in [-0.3, -0.25) is 4.79 Å². The van der Waals surface area contributed by atoms with Crippen molar-refractivity contribution in [2.45, 2.75) is 13.5 Å². The molecular formula is C10H13NO4S. The van der Waals surface area contributed by atoms with E-state index in [1.54, 1.807) is 6.07 Å². The summed E-state index contributed by atoms with van der Waals surface area (Å²) in [7, 11) is -3.74. The first kappa shape index (κ1) is 12.7. The molecule has 0 saturated carbocycles. The third-order valence-electron chi connectivity index (χ3n) is 1.89. The first-order valence-corrected chi connectivity index (χ1v) is 6.29. The van der Waals surface area contributed by atoms with Gasteiger partial charge in [-0.15, -0.1) is 0 Å². The van der Waals surface area contributed by atoms with E-state index >= 15 is 0 Å². The number of aliphatic carboxylic acids is 1.